The molecule has 0 spiro atoms. The van der Waals surface area contributed by atoms with Crippen LogP contribution in [0.1, 0.15) is 5.56 Å². The summed E-state index contributed by atoms with van der Waals surface area (Å²) in [6.07, 6.45) is 1.40. The molecule has 128 valence electrons. The van der Waals surface area contributed by atoms with E-state index in [9.17, 15) is 10.1 Å². The fourth-order valence-electron chi connectivity index (χ4n) is 2.04. The molecule has 0 saturated carbocycles. The molecule has 1 amide bonds. The molecule has 2 aromatic rings. The summed E-state index contributed by atoms with van der Waals surface area (Å²) >= 11 is 11.9. The lowest BCUT2D eigenvalue weighted by Gasteiger charge is -2.10. The maximum absolute atomic E-state index is 12.3. The average molecular weight is 377 g/mol. The number of halogens is 2. The summed E-state index contributed by atoms with van der Waals surface area (Å²) in [5.41, 5.74) is 0.884. The molecule has 0 aliphatic rings. The molecule has 0 bridgehead atoms. The van der Waals surface area contributed by atoms with Gasteiger partial charge in [0.05, 0.1) is 14.2 Å². The number of nitrogens with zero attached hydrogens (tertiary/aromatic N) is 1. The topological polar surface area (TPSA) is 71.3 Å². The number of hydrogen-bond donors (Lipinski definition) is 1. The monoisotopic (exact) mass is 376 g/mol. The molecule has 0 aliphatic heterocycles. The number of rotatable bonds is 5. The second-order valence-electron chi connectivity index (χ2n) is 4.86. The van der Waals surface area contributed by atoms with E-state index in [1.54, 1.807) is 30.3 Å². The molecular formula is C18H14Cl2N2O3. The number of hydrogen-bond acceptors (Lipinski definition) is 4. The van der Waals surface area contributed by atoms with Crippen molar-refractivity contribution in [2.24, 2.45) is 0 Å². The number of nitriles is 1. The molecule has 0 fully saturated rings. The zero-order valence-corrected chi connectivity index (χ0v) is 15.0. The van der Waals surface area contributed by atoms with Crippen LogP contribution in [0.15, 0.2) is 42.0 Å². The van der Waals surface area contributed by atoms with Crippen LogP contribution in [0, 0.1) is 11.3 Å². The minimum Gasteiger partial charge on any atom is -0.493 e. The maximum Gasteiger partial charge on any atom is 0.266 e. The van der Waals surface area contributed by atoms with Crippen LogP contribution in [-0.4, -0.2) is 20.1 Å². The first-order valence-electron chi connectivity index (χ1n) is 7.08. The molecule has 25 heavy (non-hydrogen) atoms. The lowest BCUT2D eigenvalue weighted by molar-refractivity contribution is -0.112. The number of ether oxygens (including phenoxy) is 2. The average Bonchev–Trinajstić information content (AvgIpc) is 2.60. The van der Waals surface area contributed by atoms with Crippen molar-refractivity contribution in [2.75, 3.05) is 19.5 Å². The van der Waals surface area contributed by atoms with Crippen LogP contribution >= 0.6 is 23.2 Å². The number of methoxy groups -OCH3 is 2. The fourth-order valence-corrected chi connectivity index (χ4v) is 2.50. The molecule has 1 N–H and O–H groups in total. The van der Waals surface area contributed by atoms with Gasteiger partial charge in [0, 0.05) is 21.8 Å². The predicted octanol–water partition coefficient (Wildman–Crippen LogP) is 4.56. The van der Waals surface area contributed by atoms with Crippen molar-refractivity contribution < 1.29 is 14.3 Å². The molecule has 0 radical (unpaired) electrons. The van der Waals surface area contributed by atoms with Gasteiger partial charge in [-0.2, -0.15) is 5.26 Å². The quantitative estimate of drug-likeness (QED) is 0.613. The molecule has 7 heteroatoms. The summed E-state index contributed by atoms with van der Waals surface area (Å²) in [6.45, 7) is 0. The molecule has 0 atom stereocenters. The Morgan fingerprint density at radius 1 is 1.12 bits per heavy atom. The zero-order valence-electron chi connectivity index (χ0n) is 13.5. The Labute approximate surface area is 155 Å². The first kappa shape index (κ1) is 18.7. The minimum absolute atomic E-state index is 0.0981. The van der Waals surface area contributed by atoms with Crippen molar-refractivity contribution in [1.82, 2.24) is 0 Å². The third-order valence-electron chi connectivity index (χ3n) is 3.27. The molecule has 5 nitrogen and oxygen atoms in total. The van der Waals surface area contributed by atoms with E-state index < -0.39 is 5.91 Å². The number of nitrogens with one attached hydrogen (secondary N) is 1. The number of anilines is 1. The molecule has 0 aliphatic carbocycles. The van der Waals surface area contributed by atoms with Crippen LogP contribution in [0.25, 0.3) is 6.08 Å². The molecule has 0 saturated heterocycles. The minimum atomic E-state index is -0.569. The van der Waals surface area contributed by atoms with Crippen molar-refractivity contribution in [3.8, 4) is 17.6 Å². The molecular weight excluding hydrogens is 363 g/mol. The van der Waals surface area contributed by atoms with E-state index in [1.807, 2.05) is 6.07 Å². The lowest BCUT2D eigenvalue weighted by Crippen LogP contribution is -2.13. The van der Waals surface area contributed by atoms with Gasteiger partial charge >= 0.3 is 0 Å². The summed E-state index contributed by atoms with van der Waals surface area (Å²) in [5.74, 6) is 0.425. The summed E-state index contributed by atoms with van der Waals surface area (Å²) in [5, 5.41) is 12.7. The van der Waals surface area contributed by atoms with Gasteiger partial charge in [0.2, 0.25) is 0 Å². The van der Waals surface area contributed by atoms with E-state index in [1.165, 1.54) is 26.4 Å². The van der Waals surface area contributed by atoms with E-state index in [2.05, 4.69) is 5.32 Å². The largest absolute Gasteiger partial charge is 0.493 e. The van der Waals surface area contributed by atoms with Gasteiger partial charge in [-0.1, -0.05) is 29.3 Å². The lowest BCUT2D eigenvalue weighted by atomic mass is 10.1. The summed E-state index contributed by atoms with van der Waals surface area (Å²) < 4.78 is 10.3. The third-order valence-corrected chi connectivity index (χ3v) is 3.83. The van der Waals surface area contributed by atoms with Crippen molar-refractivity contribution in [3.05, 3.63) is 57.6 Å². The number of carbonyl (C=O) groups is 1. The standard InChI is InChI=1S/C18H14Cl2N2O3/c1-24-16-6-5-14(9-17(16)25-2)22-18(23)12(10-21)7-11-3-4-13(19)8-15(11)20/h3-9H,1-2H3,(H,22,23)/b12-7+. The highest BCUT2D eigenvalue weighted by Gasteiger charge is 2.12. The van der Waals surface area contributed by atoms with E-state index in [4.69, 9.17) is 32.7 Å². The van der Waals surface area contributed by atoms with Crippen LogP contribution in [0.4, 0.5) is 5.69 Å². The van der Waals surface area contributed by atoms with Crippen LogP contribution in [0.3, 0.4) is 0 Å². The fraction of sp³-hybridized carbons (Fsp3) is 0.111. The van der Waals surface area contributed by atoms with Crippen molar-refractivity contribution in [3.63, 3.8) is 0 Å². The zero-order chi connectivity index (χ0) is 18.4. The van der Waals surface area contributed by atoms with Gasteiger partial charge in [0.15, 0.2) is 11.5 Å². The van der Waals surface area contributed by atoms with E-state index in [0.29, 0.717) is 32.8 Å². The smallest absolute Gasteiger partial charge is 0.266 e. The van der Waals surface area contributed by atoms with Gasteiger partial charge in [-0.05, 0) is 35.9 Å². The number of carbonyl (C=O) groups excluding carboxylic acids is 1. The highest BCUT2D eigenvalue weighted by Crippen LogP contribution is 2.30. The second kappa shape index (κ2) is 8.43. The summed E-state index contributed by atoms with van der Waals surface area (Å²) in [6, 6.07) is 11.6. The van der Waals surface area contributed by atoms with Gasteiger partial charge < -0.3 is 14.8 Å². The second-order valence-corrected chi connectivity index (χ2v) is 5.70. The van der Waals surface area contributed by atoms with Crippen molar-refractivity contribution in [2.45, 2.75) is 0 Å². The number of amides is 1. The molecule has 2 aromatic carbocycles. The first-order chi connectivity index (χ1) is 12.0. The van der Waals surface area contributed by atoms with Gasteiger partial charge in [0.1, 0.15) is 11.6 Å². The Morgan fingerprint density at radius 2 is 1.84 bits per heavy atom. The van der Waals surface area contributed by atoms with Crippen LogP contribution in [0.2, 0.25) is 10.0 Å². The molecule has 0 heterocycles. The highest BCUT2D eigenvalue weighted by atomic mass is 35.5. The predicted molar refractivity (Wildman–Crippen MR) is 98.2 cm³/mol. The third kappa shape index (κ3) is 4.66. The van der Waals surface area contributed by atoms with E-state index in [0.717, 1.165) is 0 Å². The Kier molecular flexibility index (Phi) is 6.29. The Morgan fingerprint density at radius 3 is 2.44 bits per heavy atom. The van der Waals surface area contributed by atoms with Gasteiger partial charge in [0.25, 0.3) is 5.91 Å². The maximum atomic E-state index is 12.3. The molecule has 0 unspecified atom stereocenters. The van der Waals surface area contributed by atoms with Crippen LogP contribution in [0.5, 0.6) is 11.5 Å². The van der Waals surface area contributed by atoms with Crippen molar-refractivity contribution >= 4 is 40.9 Å². The van der Waals surface area contributed by atoms with Gasteiger partial charge in [-0.25, -0.2) is 0 Å². The van der Waals surface area contributed by atoms with E-state index >= 15 is 0 Å². The van der Waals surface area contributed by atoms with Gasteiger partial charge in [-0.3, -0.25) is 4.79 Å². The SMILES string of the molecule is COc1ccc(NC(=O)/C(C#N)=C/c2ccc(Cl)cc2Cl)cc1OC. The first-order valence-corrected chi connectivity index (χ1v) is 7.84. The summed E-state index contributed by atoms with van der Waals surface area (Å²) in [4.78, 5) is 12.3. The Bertz CT molecular complexity index is 873. The number of benzene rings is 2. The summed E-state index contributed by atoms with van der Waals surface area (Å²) in [7, 11) is 3.01. The van der Waals surface area contributed by atoms with E-state index in [-0.39, 0.29) is 5.57 Å². The highest BCUT2D eigenvalue weighted by molar-refractivity contribution is 6.35. The molecule has 2 rings (SSSR count). The van der Waals surface area contributed by atoms with Gasteiger partial charge in [-0.15, -0.1) is 0 Å². The Hall–Kier alpha value is -2.68. The Balaban J connectivity index is 2.26. The van der Waals surface area contributed by atoms with Crippen molar-refractivity contribution in [1.29, 1.82) is 5.26 Å². The van der Waals surface area contributed by atoms with Crippen LogP contribution in [-0.2, 0) is 4.79 Å². The normalized spacial score (nSPS) is 10.8. The molecule has 0 aromatic heterocycles. The van der Waals surface area contributed by atoms with Crippen LogP contribution < -0.4 is 14.8 Å².